The van der Waals surface area contributed by atoms with Gasteiger partial charge >= 0.3 is 5.97 Å². The number of aliphatic hydroxyl groups is 5. The molecule has 5 N–H and O–H groups in total. The molecule has 4 aliphatic heterocycles. The number of carbonyl (C=O) groups is 1. The van der Waals surface area contributed by atoms with Gasteiger partial charge in [0.1, 0.15) is 18.8 Å². The number of fused-ring (bicyclic) bond motifs is 3. The summed E-state index contributed by atoms with van der Waals surface area (Å²) in [6.07, 6.45) is 0.895. The highest BCUT2D eigenvalue weighted by Gasteiger charge is 2.70. The Morgan fingerprint density at radius 1 is 0.833 bits per heavy atom. The molecule has 3 saturated carbocycles. The molecule has 0 aromatic heterocycles. The first-order valence-electron chi connectivity index (χ1n) is 20.4. The third-order valence-electron chi connectivity index (χ3n) is 14.7. The Kier molecular flexibility index (Phi) is 12.6. The largest absolute Gasteiger partial charge is 0.458 e. The minimum Gasteiger partial charge on any atom is -0.458 e. The summed E-state index contributed by atoms with van der Waals surface area (Å²) in [5.41, 5.74) is -0.982. The summed E-state index contributed by atoms with van der Waals surface area (Å²) in [6.45, 7) is 10.6. The van der Waals surface area contributed by atoms with E-state index < -0.39 is 78.7 Å². The van der Waals surface area contributed by atoms with Crippen LogP contribution in [0.25, 0.3) is 0 Å². The van der Waals surface area contributed by atoms with E-state index in [1.165, 1.54) is 0 Å². The molecule has 0 amide bonds. The van der Waals surface area contributed by atoms with Gasteiger partial charge in [-0.25, -0.2) is 4.79 Å². The van der Waals surface area contributed by atoms with Crippen molar-refractivity contribution < 1.29 is 63.5 Å². The van der Waals surface area contributed by atoms with E-state index in [1.54, 1.807) is 13.0 Å². The van der Waals surface area contributed by atoms with Gasteiger partial charge in [0.15, 0.2) is 18.9 Å². The molecular weight excluding hydrogens is 815 g/mol. The maximum Gasteiger partial charge on any atom is 0.331 e. The second-order valence-electron chi connectivity index (χ2n) is 18.0. The van der Waals surface area contributed by atoms with Crippen LogP contribution in [0.3, 0.4) is 0 Å². The number of carbonyl (C=O) groups excluding carboxylic acids is 1. The molecule has 0 bridgehead atoms. The van der Waals surface area contributed by atoms with Crippen LogP contribution >= 0.6 is 22.6 Å². The van der Waals surface area contributed by atoms with Gasteiger partial charge in [0, 0.05) is 41.3 Å². The van der Waals surface area contributed by atoms with Crippen molar-refractivity contribution in [3.63, 3.8) is 0 Å². The minimum absolute atomic E-state index is 0.0560. The second-order valence-corrected chi connectivity index (χ2v) is 19.5. The van der Waals surface area contributed by atoms with Gasteiger partial charge < -0.3 is 58.7 Å². The Morgan fingerprint density at radius 2 is 1.48 bits per heavy atom. The summed E-state index contributed by atoms with van der Waals surface area (Å²) >= 11 is 2.57. The summed E-state index contributed by atoms with van der Waals surface area (Å²) < 4.78 is 42.1. The van der Waals surface area contributed by atoms with Gasteiger partial charge in [0.2, 0.25) is 0 Å². The average molecular weight is 879 g/mol. The van der Waals surface area contributed by atoms with Gasteiger partial charge in [-0.2, -0.15) is 0 Å². The van der Waals surface area contributed by atoms with Crippen LogP contribution in [0.2, 0.25) is 0 Å². The molecule has 0 spiro atoms. The molecule has 3 saturated heterocycles. The number of hydrogen-bond donors (Lipinski definition) is 5. The zero-order valence-corrected chi connectivity index (χ0v) is 34.5. The lowest BCUT2D eigenvalue weighted by molar-refractivity contribution is -0.329. The summed E-state index contributed by atoms with van der Waals surface area (Å²) in [7, 11) is 0. The monoisotopic (exact) mass is 878 g/mol. The highest BCUT2D eigenvalue weighted by molar-refractivity contribution is 14.1. The zero-order valence-electron chi connectivity index (χ0n) is 32.4. The summed E-state index contributed by atoms with van der Waals surface area (Å²) in [6, 6.07) is 0. The molecule has 0 aromatic rings. The van der Waals surface area contributed by atoms with Crippen LogP contribution in [-0.4, -0.2) is 128 Å². The lowest BCUT2D eigenvalue weighted by Crippen LogP contribution is -2.66. The van der Waals surface area contributed by atoms with Crippen molar-refractivity contribution >= 4 is 28.6 Å². The maximum atomic E-state index is 12.6. The molecule has 14 heteroatoms. The third kappa shape index (κ3) is 7.71. The van der Waals surface area contributed by atoms with Crippen LogP contribution in [0.1, 0.15) is 105 Å². The molecule has 0 radical (unpaired) electrons. The normalized spacial score (nSPS) is 52.4. The molecule has 7 aliphatic rings. The van der Waals surface area contributed by atoms with Crippen LogP contribution in [0.5, 0.6) is 0 Å². The number of halogens is 1. The first-order chi connectivity index (χ1) is 25.5. The predicted molar refractivity (Wildman–Crippen MR) is 202 cm³/mol. The van der Waals surface area contributed by atoms with Gasteiger partial charge in [-0.15, -0.1) is 0 Å². The Balaban J connectivity index is 0.893. The molecule has 308 valence electrons. The molecular formula is C40H63IO13. The van der Waals surface area contributed by atoms with Crippen molar-refractivity contribution in [2.45, 2.75) is 189 Å². The standard InChI is InChI=1S/C40H63IO13/c1-20-13-24(42)15-34(50-20)53-37-22(3)52-35(18-29(37)44)54-36-21(2)51-33(17-28(36)43)48-12-6-10-38(4)27-16-31(45)39(5)25(23-14-32(46)49-19-23)9-11-40(39,47)26(27)7-8-30(38)41/h14,20-22,24-31,33-37,42-45,47H,6-13,15-19H2,1-5H3/t20-,21-,22-,24-,25-,26?,27?,28+,29+,30+,31-,33-,34?,35?,36-,37-,38-,39+,40+/m1/s1. The van der Waals surface area contributed by atoms with Gasteiger partial charge in [-0.3, -0.25) is 0 Å². The van der Waals surface area contributed by atoms with E-state index in [-0.39, 0.29) is 54.7 Å². The van der Waals surface area contributed by atoms with E-state index in [0.717, 1.165) is 37.7 Å². The van der Waals surface area contributed by atoms with Crippen LogP contribution in [-0.2, 0) is 38.0 Å². The number of alkyl halides is 1. The van der Waals surface area contributed by atoms with Crippen LogP contribution in [0.4, 0.5) is 0 Å². The van der Waals surface area contributed by atoms with E-state index in [9.17, 15) is 30.3 Å². The molecule has 13 nitrogen and oxygen atoms in total. The fraction of sp³-hybridized carbons (Fsp3) is 0.925. The Bertz CT molecular complexity index is 1330. The van der Waals surface area contributed by atoms with E-state index in [2.05, 4.69) is 29.5 Å². The van der Waals surface area contributed by atoms with Crippen molar-refractivity contribution in [3.8, 4) is 0 Å². The molecule has 19 atom stereocenters. The number of cyclic esters (lactones) is 1. The van der Waals surface area contributed by atoms with Gasteiger partial charge in [-0.05, 0) is 101 Å². The molecule has 4 unspecified atom stereocenters. The van der Waals surface area contributed by atoms with Crippen molar-refractivity contribution in [2.24, 2.45) is 28.6 Å². The fourth-order valence-corrected chi connectivity index (χ4v) is 12.8. The number of rotatable bonds is 10. The molecule has 0 aromatic carbocycles. The highest BCUT2D eigenvalue weighted by atomic mass is 127. The predicted octanol–water partition coefficient (Wildman–Crippen LogP) is 3.66. The highest BCUT2D eigenvalue weighted by Crippen LogP contribution is 2.68. The number of aliphatic hydroxyl groups excluding tert-OH is 4. The zero-order chi connectivity index (χ0) is 38.7. The summed E-state index contributed by atoms with van der Waals surface area (Å²) in [5.74, 6) is -0.222. The van der Waals surface area contributed by atoms with Gasteiger partial charge in [-0.1, -0.05) is 36.4 Å². The lowest BCUT2D eigenvalue weighted by atomic mass is 9.45. The topological polar surface area (TPSA) is 183 Å². The molecule has 54 heavy (non-hydrogen) atoms. The number of esters is 1. The second kappa shape index (κ2) is 16.3. The summed E-state index contributed by atoms with van der Waals surface area (Å²) in [4.78, 5) is 11.9. The third-order valence-corrected chi connectivity index (χ3v) is 16.7. The SMILES string of the molecule is C[C@@H]1C[C@@H](O)CC(O[C@H]2[C@@H](O)CC(O[C@H]3[C@@H](O)C[C@H](OCCC[C@]4(C)C5C[C@@H](O)[C@]6(C)[C@@H](C7=CC(=O)OC7)CC[C@]6(O)C5CC[C@@H]4I)O[C@@H]3C)O[C@@H]2C)O1. The average Bonchev–Trinajstić information content (AvgIpc) is 3.65. The Hall–Kier alpha value is -0.500. The van der Waals surface area contributed by atoms with Crippen molar-refractivity contribution in [1.82, 2.24) is 0 Å². The van der Waals surface area contributed by atoms with Crippen molar-refractivity contribution in [1.29, 1.82) is 0 Å². The quantitative estimate of drug-likeness (QED) is 0.0930. The van der Waals surface area contributed by atoms with E-state index in [1.807, 2.05) is 20.8 Å². The summed E-state index contributed by atoms with van der Waals surface area (Å²) in [5, 5.41) is 56.7. The van der Waals surface area contributed by atoms with Crippen LogP contribution < -0.4 is 0 Å². The smallest absolute Gasteiger partial charge is 0.331 e. The molecule has 4 heterocycles. The van der Waals surface area contributed by atoms with Gasteiger partial charge in [0.05, 0.1) is 48.3 Å². The molecule has 7 rings (SSSR count). The van der Waals surface area contributed by atoms with E-state index in [4.69, 9.17) is 33.2 Å². The van der Waals surface area contributed by atoms with Crippen LogP contribution in [0, 0.1) is 28.6 Å². The Morgan fingerprint density at radius 3 is 2.11 bits per heavy atom. The first kappa shape index (κ1) is 41.7. The van der Waals surface area contributed by atoms with Crippen LogP contribution in [0.15, 0.2) is 11.6 Å². The number of ether oxygens (including phenoxy) is 7. The van der Waals surface area contributed by atoms with Gasteiger partial charge in [0.25, 0.3) is 0 Å². The van der Waals surface area contributed by atoms with Crippen molar-refractivity contribution in [3.05, 3.63) is 11.6 Å². The van der Waals surface area contributed by atoms with E-state index in [0.29, 0.717) is 36.2 Å². The molecule has 6 fully saturated rings. The minimum atomic E-state index is -1.02. The number of hydrogen-bond acceptors (Lipinski definition) is 13. The first-order valence-corrected chi connectivity index (χ1v) is 21.6. The lowest BCUT2D eigenvalue weighted by Gasteiger charge is -2.63. The van der Waals surface area contributed by atoms with Crippen molar-refractivity contribution in [2.75, 3.05) is 13.2 Å². The maximum absolute atomic E-state index is 12.6. The fourth-order valence-electron chi connectivity index (χ4n) is 11.7. The molecule has 3 aliphatic carbocycles. The van der Waals surface area contributed by atoms with E-state index >= 15 is 0 Å². The Labute approximate surface area is 332 Å².